The van der Waals surface area contributed by atoms with Gasteiger partial charge in [0.25, 0.3) is 0 Å². The van der Waals surface area contributed by atoms with Crippen molar-refractivity contribution in [3.8, 4) is 0 Å². The third-order valence-corrected chi connectivity index (χ3v) is 9.73. The molecule has 5 atom stereocenters. The number of nitrogens with zero attached hydrogens (tertiary/aromatic N) is 2. The molecule has 1 heterocycles. The summed E-state index contributed by atoms with van der Waals surface area (Å²) in [6, 6.07) is 9.37. The summed E-state index contributed by atoms with van der Waals surface area (Å²) in [5, 5.41) is 13.7. The van der Waals surface area contributed by atoms with E-state index in [9.17, 15) is 10.0 Å². The molecule has 1 aliphatic heterocycles. The molecular weight excluding hydrogens is 412 g/mol. The Morgan fingerprint density at radius 2 is 2.00 bits per heavy atom. The Balaban J connectivity index is 1.27. The number of benzene rings is 1. The highest BCUT2D eigenvalue weighted by molar-refractivity contribution is 5.92. The Hall–Kier alpha value is -1.88. The molecule has 0 aromatic heterocycles. The van der Waals surface area contributed by atoms with Gasteiger partial charge in [0.15, 0.2) is 0 Å². The highest BCUT2D eigenvalue weighted by Crippen LogP contribution is 2.62. The van der Waals surface area contributed by atoms with Crippen LogP contribution in [-0.4, -0.2) is 48.0 Å². The third kappa shape index (κ3) is 4.11. The fourth-order valence-corrected chi connectivity index (χ4v) is 7.99. The molecule has 2 saturated carbocycles. The lowest BCUT2D eigenvalue weighted by Gasteiger charge is -2.50. The number of carbonyl (C=O) groups excluding carboxylic acids is 1. The molecule has 5 nitrogen and oxygen atoms in total. The molecule has 3 unspecified atom stereocenters. The van der Waals surface area contributed by atoms with Gasteiger partial charge in [0.05, 0.1) is 5.71 Å². The first-order chi connectivity index (χ1) is 16.0. The summed E-state index contributed by atoms with van der Waals surface area (Å²) in [5.74, 6) is 2.63. The van der Waals surface area contributed by atoms with Crippen molar-refractivity contribution in [3.63, 3.8) is 0 Å². The Kier molecular flexibility index (Phi) is 6.52. The van der Waals surface area contributed by atoms with Gasteiger partial charge in [-0.15, -0.1) is 0 Å². The van der Waals surface area contributed by atoms with Crippen molar-refractivity contribution < 1.29 is 14.7 Å². The minimum atomic E-state index is 0.00969. The maximum atomic E-state index is 12.9. The zero-order chi connectivity index (χ0) is 23.0. The van der Waals surface area contributed by atoms with E-state index in [1.165, 1.54) is 18.4 Å². The molecule has 0 spiro atoms. The van der Waals surface area contributed by atoms with Crippen LogP contribution in [0.4, 0.5) is 0 Å². The Labute approximate surface area is 198 Å². The van der Waals surface area contributed by atoms with E-state index in [0.717, 1.165) is 63.9 Å². The molecule has 4 aliphatic rings. The van der Waals surface area contributed by atoms with E-state index in [4.69, 9.17) is 4.74 Å². The largest absolute Gasteiger partial charge is 0.411 e. The van der Waals surface area contributed by atoms with E-state index in [0.29, 0.717) is 36.1 Å². The van der Waals surface area contributed by atoms with Crippen LogP contribution in [0.1, 0.15) is 81.8 Å². The van der Waals surface area contributed by atoms with Gasteiger partial charge in [-0.1, -0.05) is 36.3 Å². The Morgan fingerprint density at radius 1 is 1.21 bits per heavy atom. The van der Waals surface area contributed by atoms with Crippen molar-refractivity contribution in [1.82, 2.24) is 4.90 Å². The van der Waals surface area contributed by atoms with Crippen LogP contribution in [0.2, 0.25) is 0 Å². The molecule has 3 aliphatic carbocycles. The molecule has 1 amide bonds. The van der Waals surface area contributed by atoms with Crippen LogP contribution in [0, 0.1) is 23.2 Å². The van der Waals surface area contributed by atoms with Gasteiger partial charge < -0.3 is 14.8 Å². The predicted molar refractivity (Wildman–Crippen MR) is 130 cm³/mol. The number of ether oxygens (including phenoxy) is 1. The van der Waals surface area contributed by atoms with Crippen LogP contribution >= 0.6 is 0 Å². The van der Waals surface area contributed by atoms with Crippen LogP contribution in [0.5, 0.6) is 0 Å². The van der Waals surface area contributed by atoms with Gasteiger partial charge in [-0.25, -0.2) is 0 Å². The molecule has 1 N–H and O–H groups in total. The predicted octanol–water partition coefficient (Wildman–Crippen LogP) is 5.41. The van der Waals surface area contributed by atoms with E-state index in [-0.39, 0.29) is 11.3 Å². The fraction of sp³-hybridized carbons (Fsp3) is 0.714. The van der Waals surface area contributed by atoms with E-state index in [1.54, 1.807) is 5.56 Å². The van der Waals surface area contributed by atoms with Crippen LogP contribution in [0.15, 0.2) is 29.4 Å². The van der Waals surface area contributed by atoms with Gasteiger partial charge in [-0.2, -0.15) is 0 Å². The number of fused-ring (bicyclic) bond motifs is 5. The lowest BCUT2D eigenvalue weighted by Crippen LogP contribution is -2.44. The van der Waals surface area contributed by atoms with Crippen LogP contribution in [-0.2, 0) is 16.0 Å². The van der Waals surface area contributed by atoms with E-state index in [1.807, 2.05) is 11.9 Å². The molecule has 1 saturated heterocycles. The van der Waals surface area contributed by atoms with Gasteiger partial charge in [0.2, 0.25) is 5.91 Å². The second kappa shape index (κ2) is 9.40. The standard InChI is InChI=1S/C28H40N2O3/c1-28-15-12-23-22-8-4-3-6-19(22)10-11-24(23)27(28)20(18-25(28)29-32)7-5-9-26(31)30(2)21-13-16-33-17-14-21/h3-4,6,8,20-21,23-24,27,32H,5,7,9-18H2,1-2H3/b29-25+/t20-,23?,24?,27?,28-/m1/s1. The molecule has 3 fully saturated rings. The highest BCUT2D eigenvalue weighted by atomic mass is 16.5. The monoisotopic (exact) mass is 452 g/mol. The summed E-state index contributed by atoms with van der Waals surface area (Å²) in [5.41, 5.74) is 4.13. The summed E-state index contributed by atoms with van der Waals surface area (Å²) in [6.45, 7) is 3.88. The van der Waals surface area contributed by atoms with Crippen molar-refractivity contribution in [3.05, 3.63) is 35.4 Å². The van der Waals surface area contributed by atoms with Crippen molar-refractivity contribution in [1.29, 1.82) is 0 Å². The normalized spacial score (nSPS) is 35.0. The van der Waals surface area contributed by atoms with Crippen molar-refractivity contribution in [2.45, 2.75) is 83.1 Å². The average Bonchev–Trinajstić information content (AvgIpc) is 3.15. The van der Waals surface area contributed by atoms with Crippen LogP contribution in [0.25, 0.3) is 0 Å². The van der Waals surface area contributed by atoms with Crippen molar-refractivity contribution in [2.75, 3.05) is 20.3 Å². The number of rotatable bonds is 5. The lowest BCUT2D eigenvalue weighted by molar-refractivity contribution is -0.133. The molecule has 0 bridgehead atoms. The quantitative estimate of drug-likeness (QED) is 0.480. The first-order valence-electron chi connectivity index (χ1n) is 13.2. The van der Waals surface area contributed by atoms with E-state index < -0.39 is 0 Å². The van der Waals surface area contributed by atoms with E-state index in [2.05, 4.69) is 36.3 Å². The zero-order valence-corrected chi connectivity index (χ0v) is 20.3. The first kappa shape index (κ1) is 22.9. The molecule has 33 heavy (non-hydrogen) atoms. The summed E-state index contributed by atoms with van der Waals surface area (Å²) >= 11 is 0. The average molecular weight is 453 g/mol. The molecule has 1 aromatic carbocycles. The summed E-state index contributed by atoms with van der Waals surface area (Å²) in [6.07, 6.45) is 10.1. The molecule has 5 rings (SSSR count). The topological polar surface area (TPSA) is 62.1 Å². The lowest BCUT2D eigenvalue weighted by atomic mass is 9.54. The van der Waals surface area contributed by atoms with Crippen LogP contribution < -0.4 is 0 Å². The van der Waals surface area contributed by atoms with Gasteiger partial charge >= 0.3 is 0 Å². The third-order valence-electron chi connectivity index (χ3n) is 9.73. The van der Waals surface area contributed by atoms with Gasteiger partial charge in [-0.3, -0.25) is 4.79 Å². The van der Waals surface area contributed by atoms with Crippen molar-refractivity contribution >= 4 is 11.6 Å². The first-order valence-corrected chi connectivity index (χ1v) is 13.2. The molecule has 5 heteroatoms. The maximum Gasteiger partial charge on any atom is 0.222 e. The number of carbonyl (C=O) groups is 1. The molecule has 180 valence electrons. The number of aryl methyl sites for hydroxylation is 1. The van der Waals surface area contributed by atoms with Gasteiger partial charge in [0, 0.05) is 38.1 Å². The number of hydrogen-bond acceptors (Lipinski definition) is 4. The highest BCUT2D eigenvalue weighted by Gasteiger charge is 2.57. The minimum absolute atomic E-state index is 0.00969. The Bertz CT molecular complexity index is 893. The van der Waals surface area contributed by atoms with Crippen LogP contribution in [0.3, 0.4) is 0 Å². The second-order valence-corrected chi connectivity index (χ2v) is 11.2. The van der Waals surface area contributed by atoms with Gasteiger partial charge in [-0.05, 0) is 92.6 Å². The molecule has 1 aromatic rings. The number of hydrogen-bond donors (Lipinski definition) is 1. The van der Waals surface area contributed by atoms with Crippen molar-refractivity contribution in [2.24, 2.45) is 28.3 Å². The SMILES string of the molecule is CN(C(=O)CCC[C@@H]1C/C(=N\O)[C@@]2(C)CCC3c4ccccc4CCC3C12)C1CCOCC1. The van der Waals surface area contributed by atoms with E-state index >= 15 is 0 Å². The molecule has 0 radical (unpaired) electrons. The number of amides is 1. The summed E-state index contributed by atoms with van der Waals surface area (Å²) < 4.78 is 5.45. The zero-order valence-electron chi connectivity index (χ0n) is 20.3. The summed E-state index contributed by atoms with van der Waals surface area (Å²) in [7, 11) is 1.96. The van der Waals surface area contributed by atoms with Gasteiger partial charge in [0.1, 0.15) is 0 Å². The number of oxime groups is 1. The maximum absolute atomic E-state index is 12.9. The Morgan fingerprint density at radius 3 is 2.79 bits per heavy atom. The smallest absolute Gasteiger partial charge is 0.222 e. The fourth-order valence-electron chi connectivity index (χ4n) is 7.99. The minimum Gasteiger partial charge on any atom is -0.411 e. The second-order valence-electron chi connectivity index (χ2n) is 11.2. The summed E-state index contributed by atoms with van der Waals surface area (Å²) in [4.78, 5) is 14.8. The molecular formula is C28H40N2O3.